The second kappa shape index (κ2) is 6.73. The van der Waals surface area contributed by atoms with E-state index in [-0.39, 0.29) is 11.9 Å². The molecule has 0 atom stereocenters. The van der Waals surface area contributed by atoms with Gasteiger partial charge in [-0.3, -0.25) is 14.5 Å². The van der Waals surface area contributed by atoms with Gasteiger partial charge in [-0.15, -0.1) is 0 Å². The lowest BCUT2D eigenvalue weighted by Crippen LogP contribution is -2.30. The van der Waals surface area contributed by atoms with Gasteiger partial charge in [-0.05, 0) is 40.2 Å². The van der Waals surface area contributed by atoms with Crippen LogP contribution in [0.5, 0.6) is 0 Å². The van der Waals surface area contributed by atoms with E-state index in [9.17, 15) is 4.79 Å². The van der Waals surface area contributed by atoms with Crippen LogP contribution in [0.1, 0.15) is 16.5 Å². The van der Waals surface area contributed by atoms with E-state index in [1.54, 1.807) is 24.4 Å². The van der Waals surface area contributed by atoms with Crippen molar-refractivity contribution in [2.75, 3.05) is 18.5 Å². The van der Waals surface area contributed by atoms with Crippen molar-refractivity contribution in [1.82, 2.24) is 19.7 Å². The van der Waals surface area contributed by atoms with Gasteiger partial charge in [0.2, 0.25) is 0 Å². The van der Waals surface area contributed by atoms with Gasteiger partial charge >= 0.3 is 0 Å². The predicted octanol–water partition coefficient (Wildman–Crippen LogP) is 2.93. The standard InChI is InChI=1S/C17H14BrN5O2/c18-15-6-3-5-13(20-15)17(24)21-14-8-23(11-9-25-10-11)22-16(14)12-4-1-2-7-19-12/h1-8,11H,9-10H2,(H,21,24). The first-order valence-corrected chi connectivity index (χ1v) is 8.52. The van der Waals surface area contributed by atoms with Gasteiger partial charge in [0.15, 0.2) is 0 Å². The molecule has 1 N–H and O–H groups in total. The number of carbonyl (C=O) groups is 1. The van der Waals surface area contributed by atoms with Crippen LogP contribution in [0.25, 0.3) is 11.4 Å². The van der Waals surface area contributed by atoms with Crippen molar-refractivity contribution < 1.29 is 9.53 Å². The molecule has 0 radical (unpaired) electrons. The fraction of sp³-hybridized carbons (Fsp3) is 0.176. The van der Waals surface area contributed by atoms with Gasteiger partial charge in [-0.25, -0.2) is 4.98 Å². The smallest absolute Gasteiger partial charge is 0.274 e. The highest BCUT2D eigenvalue weighted by Crippen LogP contribution is 2.28. The molecule has 0 bridgehead atoms. The van der Waals surface area contributed by atoms with Gasteiger partial charge in [0.25, 0.3) is 5.91 Å². The minimum atomic E-state index is -0.303. The van der Waals surface area contributed by atoms with Crippen LogP contribution in [0.2, 0.25) is 0 Å². The van der Waals surface area contributed by atoms with Crippen LogP contribution in [-0.2, 0) is 4.74 Å². The molecule has 7 nitrogen and oxygen atoms in total. The Morgan fingerprint density at radius 3 is 2.80 bits per heavy atom. The fourth-order valence-electron chi connectivity index (χ4n) is 2.46. The summed E-state index contributed by atoms with van der Waals surface area (Å²) in [4.78, 5) is 21.1. The lowest BCUT2D eigenvalue weighted by atomic mass is 10.2. The Bertz CT molecular complexity index is 908. The summed E-state index contributed by atoms with van der Waals surface area (Å²) in [5, 5.41) is 7.49. The summed E-state index contributed by atoms with van der Waals surface area (Å²) in [5.41, 5.74) is 2.23. The summed E-state index contributed by atoms with van der Waals surface area (Å²) < 4.78 is 7.65. The van der Waals surface area contributed by atoms with Gasteiger partial charge < -0.3 is 10.1 Å². The zero-order valence-electron chi connectivity index (χ0n) is 13.1. The summed E-state index contributed by atoms with van der Waals surface area (Å²) in [7, 11) is 0. The van der Waals surface area contributed by atoms with Gasteiger partial charge in [-0.1, -0.05) is 12.1 Å². The molecule has 0 unspecified atom stereocenters. The number of hydrogen-bond donors (Lipinski definition) is 1. The number of carbonyl (C=O) groups excluding carboxylic acids is 1. The van der Waals surface area contributed by atoms with E-state index in [1.165, 1.54) is 0 Å². The van der Waals surface area contributed by atoms with Gasteiger partial charge in [-0.2, -0.15) is 5.10 Å². The Morgan fingerprint density at radius 1 is 1.24 bits per heavy atom. The first kappa shape index (κ1) is 15.9. The zero-order valence-corrected chi connectivity index (χ0v) is 14.7. The molecular weight excluding hydrogens is 386 g/mol. The fourth-order valence-corrected chi connectivity index (χ4v) is 2.80. The number of nitrogens with one attached hydrogen (secondary N) is 1. The molecule has 1 aliphatic rings. The maximum absolute atomic E-state index is 12.5. The lowest BCUT2D eigenvalue weighted by Gasteiger charge is -2.25. The molecule has 0 aromatic carbocycles. The van der Waals surface area contributed by atoms with Crippen molar-refractivity contribution in [3.8, 4) is 11.4 Å². The van der Waals surface area contributed by atoms with E-state index in [0.717, 1.165) is 0 Å². The molecule has 1 fully saturated rings. The van der Waals surface area contributed by atoms with E-state index in [0.29, 0.717) is 40.6 Å². The van der Waals surface area contributed by atoms with Crippen LogP contribution in [0.3, 0.4) is 0 Å². The molecular formula is C17H14BrN5O2. The molecule has 25 heavy (non-hydrogen) atoms. The normalized spacial score (nSPS) is 14.1. The maximum atomic E-state index is 12.5. The number of hydrogen-bond acceptors (Lipinski definition) is 5. The summed E-state index contributed by atoms with van der Waals surface area (Å²) in [6, 6.07) is 10.9. The number of rotatable bonds is 4. The molecule has 0 spiro atoms. The molecule has 0 saturated carbocycles. The van der Waals surface area contributed by atoms with Crippen LogP contribution in [0.15, 0.2) is 53.4 Å². The average molecular weight is 400 g/mol. The van der Waals surface area contributed by atoms with Gasteiger partial charge in [0.05, 0.1) is 30.6 Å². The number of anilines is 1. The van der Waals surface area contributed by atoms with E-state index in [4.69, 9.17) is 4.74 Å². The summed E-state index contributed by atoms with van der Waals surface area (Å²) in [6.07, 6.45) is 3.51. The Balaban J connectivity index is 1.67. The summed E-state index contributed by atoms with van der Waals surface area (Å²) >= 11 is 3.28. The van der Waals surface area contributed by atoms with Crippen LogP contribution >= 0.6 is 15.9 Å². The van der Waals surface area contributed by atoms with Crippen LogP contribution in [0, 0.1) is 0 Å². The predicted molar refractivity (Wildman–Crippen MR) is 95.2 cm³/mol. The Labute approximate surface area is 152 Å². The molecule has 3 aromatic heterocycles. The van der Waals surface area contributed by atoms with E-state index >= 15 is 0 Å². The Kier molecular flexibility index (Phi) is 4.29. The van der Waals surface area contributed by atoms with Gasteiger partial charge in [0.1, 0.15) is 16.0 Å². The first-order chi connectivity index (χ1) is 12.2. The van der Waals surface area contributed by atoms with Crippen LogP contribution < -0.4 is 5.32 Å². The number of halogens is 1. The SMILES string of the molecule is O=C(Nc1cn(C2COC2)nc1-c1ccccn1)c1cccc(Br)n1. The van der Waals surface area contributed by atoms with Crippen molar-refractivity contribution >= 4 is 27.5 Å². The highest BCUT2D eigenvalue weighted by atomic mass is 79.9. The third-order valence-electron chi connectivity index (χ3n) is 3.83. The first-order valence-electron chi connectivity index (χ1n) is 7.73. The van der Waals surface area contributed by atoms with Gasteiger partial charge in [0, 0.05) is 12.4 Å². The quantitative estimate of drug-likeness (QED) is 0.681. The van der Waals surface area contributed by atoms with E-state index in [1.807, 2.05) is 29.1 Å². The second-order valence-corrected chi connectivity index (χ2v) is 6.39. The number of amides is 1. The van der Waals surface area contributed by atoms with Crippen molar-refractivity contribution in [1.29, 1.82) is 0 Å². The third-order valence-corrected chi connectivity index (χ3v) is 4.27. The van der Waals surface area contributed by atoms with Crippen LogP contribution in [0.4, 0.5) is 5.69 Å². The molecule has 0 aliphatic carbocycles. The minimum Gasteiger partial charge on any atom is -0.377 e. The highest BCUT2D eigenvalue weighted by Gasteiger charge is 2.24. The van der Waals surface area contributed by atoms with Crippen LogP contribution in [-0.4, -0.2) is 38.9 Å². The van der Waals surface area contributed by atoms with Crippen molar-refractivity contribution in [3.05, 3.63) is 59.1 Å². The molecule has 4 rings (SSSR count). The minimum absolute atomic E-state index is 0.178. The maximum Gasteiger partial charge on any atom is 0.274 e. The average Bonchev–Trinajstić information content (AvgIpc) is 2.97. The summed E-state index contributed by atoms with van der Waals surface area (Å²) in [5.74, 6) is -0.303. The molecule has 1 aliphatic heterocycles. The highest BCUT2D eigenvalue weighted by molar-refractivity contribution is 9.10. The molecule has 1 saturated heterocycles. The monoisotopic (exact) mass is 399 g/mol. The number of ether oxygens (including phenoxy) is 1. The van der Waals surface area contributed by atoms with E-state index < -0.39 is 0 Å². The van der Waals surface area contributed by atoms with Crippen molar-refractivity contribution in [2.45, 2.75) is 6.04 Å². The Morgan fingerprint density at radius 2 is 2.12 bits per heavy atom. The molecule has 4 heterocycles. The zero-order chi connectivity index (χ0) is 17.2. The third kappa shape index (κ3) is 3.31. The largest absolute Gasteiger partial charge is 0.377 e. The molecule has 1 amide bonds. The number of pyridine rings is 2. The Hall–Kier alpha value is -2.58. The molecule has 126 valence electrons. The number of nitrogens with zero attached hydrogens (tertiary/aromatic N) is 4. The topological polar surface area (TPSA) is 81.9 Å². The van der Waals surface area contributed by atoms with E-state index in [2.05, 4.69) is 36.3 Å². The summed E-state index contributed by atoms with van der Waals surface area (Å²) in [6.45, 7) is 1.23. The second-order valence-electron chi connectivity index (χ2n) is 5.58. The van der Waals surface area contributed by atoms with Crippen molar-refractivity contribution in [3.63, 3.8) is 0 Å². The number of aromatic nitrogens is 4. The van der Waals surface area contributed by atoms with Crippen molar-refractivity contribution in [2.24, 2.45) is 0 Å². The molecule has 8 heteroatoms. The lowest BCUT2D eigenvalue weighted by molar-refractivity contribution is -0.0285. The molecule has 3 aromatic rings.